The van der Waals surface area contributed by atoms with Gasteiger partial charge in [-0.3, -0.25) is 0 Å². The number of nitrogen functional groups attached to an aromatic ring is 2. The minimum atomic E-state index is -6.32. The van der Waals surface area contributed by atoms with Gasteiger partial charge in [-0.25, -0.2) is 0 Å². The molecule has 0 aliphatic rings. The Balaban J connectivity index is 2.88. The molecule has 0 amide bonds. The van der Waals surface area contributed by atoms with E-state index >= 15 is 0 Å². The lowest BCUT2D eigenvalue weighted by Crippen LogP contribution is -2.54. The Kier molecular flexibility index (Phi) is 8.78. The first-order chi connectivity index (χ1) is 17.3. The maximum absolute atomic E-state index is 13.5. The number of anilines is 2. The van der Waals surface area contributed by atoms with Gasteiger partial charge in [0.2, 0.25) is 0 Å². The van der Waals surface area contributed by atoms with Crippen molar-refractivity contribution in [2.24, 2.45) is 0 Å². The zero-order valence-electron chi connectivity index (χ0n) is 19.4. The third kappa shape index (κ3) is 5.71. The Morgan fingerprint density at radius 3 is 1.33 bits per heavy atom. The van der Waals surface area contributed by atoms with E-state index in [9.17, 15) is 62.9 Å². The number of aryl methyl sites for hydroxylation is 1. The summed E-state index contributed by atoms with van der Waals surface area (Å²) >= 11 is 1.43. The van der Waals surface area contributed by atoms with E-state index in [4.69, 9.17) is 11.5 Å². The van der Waals surface area contributed by atoms with Crippen LogP contribution in [0, 0.1) is 3.57 Å². The van der Waals surface area contributed by atoms with Crippen LogP contribution in [0.25, 0.3) is 0 Å². The maximum atomic E-state index is 13.5. The minimum Gasteiger partial charge on any atom is -0.398 e. The zero-order chi connectivity index (χ0) is 30.6. The molecule has 220 valence electrons. The summed E-state index contributed by atoms with van der Waals surface area (Å²) in [5.74, 6) is 0. The van der Waals surface area contributed by atoms with Gasteiger partial charge >= 0.3 is 24.7 Å². The van der Waals surface area contributed by atoms with Gasteiger partial charge in [0.05, 0.1) is 0 Å². The lowest BCUT2D eigenvalue weighted by atomic mass is 9.84. The molecule has 0 atom stereocenters. The predicted octanol–water partition coefficient (Wildman–Crippen LogP) is 6.62. The molecular weight excluding hydrogens is 679 g/mol. The van der Waals surface area contributed by atoms with Crippen LogP contribution < -0.4 is 11.5 Å². The highest BCUT2D eigenvalue weighted by Crippen LogP contribution is 2.53. The van der Waals surface area contributed by atoms with Crippen molar-refractivity contribution >= 4 is 34.0 Å². The highest BCUT2D eigenvalue weighted by Gasteiger charge is 2.73. The Bertz CT molecular complexity index is 1190. The lowest BCUT2D eigenvalue weighted by Gasteiger charge is -2.34. The molecule has 0 unspecified atom stereocenters. The van der Waals surface area contributed by atoms with Crippen LogP contribution >= 0.6 is 22.6 Å². The summed E-state index contributed by atoms with van der Waals surface area (Å²) in [5, 5.41) is 19.6. The van der Waals surface area contributed by atoms with Crippen molar-refractivity contribution in [1.29, 1.82) is 0 Å². The average Bonchev–Trinajstić information content (AvgIpc) is 2.73. The van der Waals surface area contributed by atoms with Crippen LogP contribution in [0.2, 0.25) is 0 Å². The van der Waals surface area contributed by atoms with Crippen molar-refractivity contribution in [2.45, 2.75) is 62.1 Å². The van der Waals surface area contributed by atoms with Gasteiger partial charge in [-0.05, 0) is 76.4 Å². The Labute approximate surface area is 226 Å². The highest BCUT2D eigenvalue weighted by molar-refractivity contribution is 14.1. The molecule has 4 nitrogen and oxygen atoms in total. The standard InChI is InChI=1S/C22H19F12IN2O2/c1-2-3-9-7-15(36)12(17(38,19(23,24)25)20(26,27)28)5-10(9)4-11-6-13(16(37)8-14(11)35)18(39,21(29,30)31)22(32,33)34/h5-8,38-39H,2-4,36-37H2,1H3. The number of benzene rings is 2. The molecule has 0 radical (unpaired) electrons. The van der Waals surface area contributed by atoms with E-state index in [-0.39, 0.29) is 34.1 Å². The van der Waals surface area contributed by atoms with E-state index in [0.29, 0.717) is 12.1 Å². The van der Waals surface area contributed by atoms with Crippen LogP contribution in [0.15, 0.2) is 24.3 Å². The second kappa shape index (κ2) is 10.4. The van der Waals surface area contributed by atoms with Crippen LogP contribution in [-0.4, -0.2) is 34.9 Å². The van der Waals surface area contributed by atoms with E-state index in [0.717, 1.165) is 0 Å². The van der Waals surface area contributed by atoms with Gasteiger partial charge in [-0.15, -0.1) is 0 Å². The third-order valence-corrected chi connectivity index (χ3v) is 6.92. The number of aliphatic hydroxyl groups is 2. The molecule has 6 N–H and O–H groups in total. The first-order valence-corrected chi connectivity index (χ1v) is 11.6. The van der Waals surface area contributed by atoms with Crippen molar-refractivity contribution in [3.05, 3.63) is 55.7 Å². The number of halogens is 13. The van der Waals surface area contributed by atoms with Crippen LogP contribution in [0.3, 0.4) is 0 Å². The molecule has 17 heteroatoms. The van der Waals surface area contributed by atoms with E-state index < -0.39 is 76.0 Å². The van der Waals surface area contributed by atoms with Crippen molar-refractivity contribution in [2.75, 3.05) is 11.5 Å². The fourth-order valence-electron chi connectivity index (χ4n) is 3.91. The molecule has 39 heavy (non-hydrogen) atoms. The normalized spacial score (nSPS) is 14.2. The van der Waals surface area contributed by atoms with Gasteiger partial charge < -0.3 is 21.7 Å². The second-order valence-corrected chi connectivity index (χ2v) is 9.74. The van der Waals surface area contributed by atoms with Gasteiger partial charge in [-0.2, -0.15) is 52.7 Å². The quantitative estimate of drug-likeness (QED) is 0.155. The molecule has 2 rings (SSSR count). The number of hydrogen-bond acceptors (Lipinski definition) is 4. The van der Waals surface area contributed by atoms with Crippen molar-refractivity contribution in [1.82, 2.24) is 0 Å². The molecule has 0 bridgehead atoms. The summed E-state index contributed by atoms with van der Waals surface area (Å²) in [4.78, 5) is 0. The maximum Gasteiger partial charge on any atom is 0.430 e. The first-order valence-electron chi connectivity index (χ1n) is 10.6. The molecule has 0 aliphatic heterocycles. The van der Waals surface area contributed by atoms with Crippen LogP contribution in [0.1, 0.15) is 41.2 Å². The summed E-state index contributed by atoms with van der Waals surface area (Å²) in [5.41, 5.74) is -6.82. The first kappa shape index (κ1) is 33.1. The molecule has 0 fully saturated rings. The van der Waals surface area contributed by atoms with Crippen molar-refractivity contribution < 1.29 is 62.9 Å². The summed E-state index contributed by atoms with van der Waals surface area (Å²) in [6, 6.07) is 1.83. The van der Waals surface area contributed by atoms with Gasteiger partial charge in [0, 0.05) is 26.1 Å². The van der Waals surface area contributed by atoms with Crippen LogP contribution in [0.5, 0.6) is 0 Å². The van der Waals surface area contributed by atoms with Gasteiger partial charge in [-0.1, -0.05) is 13.3 Å². The van der Waals surface area contributed by atoms with Gasteiger partial charge in [0.1, 0.15) is 0 Å². The molecule has 0 heterocycles. The van der Waals surface area contributed by atoms with Gasteiger partial charge in [0.25, 0.3) is 11.2 Å². The summed E-state index contributed by atoms with van der Waals surface area (Å²) < 4.78 is 162. The SMILES string of the molecule is CCCc1cc(N)c(C(O)(C(F)(F)F)C(F)(F)F)cc1Cc1cc(C(O)(C(F)(F)F)C(F)(F)F)c(N)cc1I. The molecule has 2 aromatic rings. The highest BCUT2D eigenvalue weighted by atomic mass is 127. The topological polar surface area (TPSA) is 92.5 Å². The van der Waals surface area contributed by atoms with Crippen molar-refractivity contribution in [3.8, 4) is 0 Å². The van der Waals surface area contributed by atoms with Crippen molar-refractivity contribution in [3.63, 3.8) is 0 Å². The summed E-state index contributed by atoms with van der Waals surface area (Å²) in [7, 11) is 0. The lowest BCUT2D eigenvalue weighted by molar-refractivity contribution is -0.376. The zero-order valence-corrected chi connectivity index (χ0v) is 21.6. The predicted molar refractivity (Wildman–Crippen MR) is 123 cm³/mol. The molecule has 2 aromatic carbocycles. The molecule has 0 aliphatic carbocycles. The minimum absolute atomic E-state index is 0.0153. The number of hydrogen-bond donors (Lipinski definition) is 4. The van der Waals surface area contributed by atoms with E-state index in [1.165, 1.54) is 22.6 Å². The Morgan fingerprint density at radius 1 is 0.615 bits per heavy atom. The van der Waals surface area contributed by atoms with Crippen LogP contribution in [-0.2, 0) is 24.0 Å². The fraction of sp³-hybridized carbons (Fsp3) is 0.455. The van der Waals surface area contributed by atoms with Gasteiger partial charge in [0.15, 0.2) is 0 Å². The summed E-state index contributed by atoms with van der Waals surface area (Å²) in [6.45, 7) is 1.56. The van der Waals surface area contributed by atoms with E-state index in [1.807, 2.05) is 0 Å². The van der Waals surface area contributed by atoms with Crippen LogP contribution in [0.4, 0.5) is 64.1 Å². The van der Waals surface area contributed by atoms with E-state index in [2.05, 4.69) is 0 Å². The second-order valence-electron chi connectivity index (χ2n) is 8.58. The average molecular weight is 698 g/mol. The monoisotopic (exact) mass is 698 g/mol. The number of nitrogens with two attached hydrogens (primary N) is 2. The fourth-order valence-corrected chi connectivity index (χ4v) is 4.59. The smallest absolute Gasteiger partial charge is 0.398 e. The van der Waals surface area contributed by atoms with E-state index in [1.54, 1.807) is 6.92 Å². The third-order valence-electron chi connectivity index (χ3n) is 5.91. The number of rotatable bonds is 6. The molecule has 0 saturated carbocycles. The molecule has 0 aromatic heterocycles. The summed E-state index contributed by atoms with van der Waals surface area (Å²) in [6.07, 6.45) is -25.9. The molecule has 0 saturated heterocycles. The number of alkyl halides is 12. The Hall–Kier alpha value is -2.15. The molecule has 0 spiro atoms. The largest absolute Gasteiger partial charge is 0.430 e. The Morgan fingerprint density at radius 2 is 0.974 bits per heavy atom. The molecular formula is C22H19F12IN2O2.